The number of hydrogen-bond acceptors (Lipinski definition) is 2. The van der Waals surface area contributed by atoms with Gasteiger partial charge in [-0.25, -0.2) is 4.79 Å². The maximum atomic E-state index is 12.0. The van der Waals surface area contributed by atoms with E-state index in [0.717, 1.165) is 25.7 Å². The van der Waals surface area contributed by atoms with E-state index in [1.54, 1.807) is 0 Å². The van der Waals surface area contributed by atoms with Crippen LogP contribution in [0.3, 0.4) is 0 Å². The van der Waals surface area contributed by atoms with Gasteiger partial charge < -0.3 is 4.74 Å². The molecule has 0 saturated carbocycles. The number of benzene rings is 1. The number of allylic oxidation sites excluding steroid dienone is 1. The number of rotatable bonds is 4. The lowest BCUT2D eigenvalue weighted by Crippen LogP contribution is -2.17. The second kappa shape index (κ2) is 6.55. The Labute approximate surface area is 115 Å². The Bertz CT molecular complexity index is 445. The molecule has 0 saturated heterocycles. The van der Waals surface area contributed by atoms with Crippen LogP contribution in [0.25, 0.3) is 0 Å². The highest BCUT2D eigenvalue weighted by Gasteiger charge is 2.15. The van der Waals surface area contributed by atoms with Gasteiger partial charge in [-0.2, -0.15) is 0 Å². The molecule has 2 rings (SSSR count). The van der Waals surface area contributed by atoms with Crippen molar-refractivity contribution in [1.82, 2.24) is 0 Å². The Kier molecular flexibility index (Phi) is 4.78. The minimum absolute atomic E-state index is 0.0458. The largest absolute Gasteiger partial charge is 0.455 e. The lowest BCUT2D eigenvalue weighted by molar-refractivity contribution is 0.0370. The second-order valence-electron chi connectivity index (χ2n) is 5.23. The molecule has 1 aliphatic rings. The van der Waals surface area contributed by atoms with Crippen molar-refractivity contribution in [2.24, 2.45) is 0 Å². The van der Waals surface area contributed by atoms with Gasteiger partial charge in [-0.15, -0.1) is 0 Å². The molecule has 0 spiro atoms. The minimum Gasteiger partial charge on any atom is -0.455 e. The molecule has 2 atom stereocenters. The van der Waals surface area contributed by atoms with Gasteiger partial charge in [0, 0.05) is 0 Å². The van der Waals surface area contributed by atoms with Gasteiger partial charge in [0.2, 0.25) is 0 Å². The first-order chi connectivity index (χ1) is 9.20. The lowest BCUT2D eigenvalue weighted by Gasteiger charge is -2.17. The third-order valence-electron chi connectivity index (χ3n) is 3.80. The molecular weight excluding hydrogens is 236 g/mol. The molecule has 102 valence electrons. The minimum atomic E-state index is -0.216. The first kappa shape index (κ1) is 13.9. The zero-order valence-corrected chi connectivity index (χ0v) is 11.8. The third kappa shape index (κ3) is 3.69. The van der Waals surface area contributed by atoms with Crippen LogP contribution in [0.15, 0.2) is 36.4 Å². The molecule has 2 nitrogen and oxygen atoms in total. The Morgan fingerprint density at radius 2 is 2.11 bits per heavy atom. The average molecular weight is 258 g/mol. The summed E-state index contributed by atoms with van der Waals surface area (Å²) in [6.07, 6.45) is 8.28. The Morgan fingerprint density at radius 3 is 2.68 bits per heavy atom. The van der Waals surface area contributed by atoms with E-state index in [1.165, 1.54) is 5.56 Å². The molecule has 19 heavy (non-hydrogen) atoms. The van der Waals surface area contributed by atoms with Crippen molar-refractivity contribution in [3.63, 3.8) is 0 Å². The van der Waals surface area contributed by atoms with E-state index in [9.17, 15) is 4.79 Å². The summed E-state index contributed by atoms with van der Waals surface area (Å²) in [5, 5.41) is 0. The summed E-state index contributed by atoms with van der Waals surface area (Å²) >= 11 is 0. The molecule has 0 heterocycles. The highest BCUT2D eigenvalue weighted by atomic mass is 16.5. The fraction of sp³-hybridized carbons (Fsp3) is 0.471. The molecule has 0 fully saturated rings. The van der Waals surface area contributed by atoms with E-state index < -0.39 is 0 Å². The Morgan fingerprint density at radius 1 is 1.37 bits per heavy atom. The van der Waals surface area contributed by atoms with Crippen LogP contribution in [-0.4, -0.2) is 12.1 Å². The molecule has 0 radical (unpaired) electrons. The number of ether oxygens (including phenoxy) is 1. The van der Waals surface area contributed by atoms with Crippen molar-refractivity contribution >= 4 is 5.97 Å². The van der Waals surface area contributed by atoms with Crippen molar-refractivity contribution in [3.05, 3.63) is 47.5 Å². The fourth-order valence-electron chi connectivity index (χ4n) is 2.27. The molecule has 2 unspecified atom stereocenters. The van der Waals surface area contributed by atoms with Gasteiger partial charge in [0.25, 0.3) is 0 Å². The Hall–Kier alpha value is -1.57. The summed E-state index contributed by atoms with van der Waals surface area (Å²) < 4.78 is 5.48. The number of carbonyl (C=O) groups excluding carboxylic acids is 1. The molecule has 0 aliphatic heterocycles. The van der Waals surface area contributed by atoms with E-state index in [2.05, 4.69) is 19.9 Å². The van der Waals surface area contributed by atoms with E-state index in [4.69, 9.17) is 4.74 Å². The summed E-state index contributed by atoms with van der Waals surface area (Å²) in [6, 6.07) is 7.80. The number of carbonyl (C=O) groups is 1. The van der Waals surface area contributed by atoms with Crippen molar-refractivity contribution < 1.29 is 9.53 Å². The van der Waals surface area contributed by atoms with E-state index in [1.807, 2.05) is 30.3 Å². The predicted octanol–water partition coefficient (Wildman–Crippen LogP) is 4.47. The van der Waals surface area contributed by atoms with Crippen molar-refractivity contribution in [2.45, 2.75) is 51.6 Å². The zero-order valence-electron chi connectivity index (χ0n) is 11.8. The quantitative estimate of drug-likeness (QED) is 0.588. The van der Waals surface area contributed by atoms with Crippen LogP contribution in [0.4, 0.5) is 0 Å². The number of esters is 1. The van der Waals surface area contributed by atoms with Crippen LogP contribution in [0.2, 0.25) is 0 Å². The Balaban J connectivity index is 1.99. The van der Waals surface area contributed by atoms with Crippen molar-refractivity contribution in [3.8, 4) is 0 Å². The summed E-state index contributed by atoms with van der Waals surface area (Å²) in [4.78, 5) is 12.0. The van der Waals surface area contributed by atoms with Crippen LogP contribution >= 0.6 is 0 Å². The standard InChI is InChI=1S/C17H22O2/c1-3-13(2)14-9-11-15(12-10-14)17(18)19-16-7-5-4-6-8-16/h5,7,9-13,16H,3-4,6,8H2,1-2H3. The van der Waals surface area contributed by atoms with Crippen LogP contribution in [0, 0.1) is 0 Å². The van der Waals surface area contributed by atoms with Crippen LogP contribution < -0.4 is 0 Å². The topological polar surface area (TPSA) is 26.3 Å². The normalized spacial score (nSPS) is 20.0. The summed E-state index contributed by atoms with van der Waals surface area (Å²) in [6.45, 7) is 4.36. The average Bonchev–Trinajstić information content (AvgIpc) is 2.47. The highest BCUT2D eigenvalue weighted by Crippen LogP contribution is 2.20. The third-order valence-corrected chi connectivity index (χ3v) is 3.80. The molecule has 2 heteroatoms. The predicted molar refractivity (Wildman–Crippen MR) is 77.3 cm³/mol. The summed E-state index contributed by atoms with van der Waals surface area (Å²) in [5.41, 5.74) is 1.92. The van der Waals surface area contributed by atoms with E-state index >= 15 is 0 Å². The SMILES string of the molecule is CCC(C)c1ccc(C(=O)OC2C=CCCC2)cc1. The van der Waals surface area contributed by atoms with Crippen molar-refractivity contribution in [1.29, 1.82) is 0 Å². The van der Waals surface area contributed by atoms with Gasteiger partial charge in [0.15, 0.2) is 0 Å². The second-order valence-corrected chi connectivity index (χ2v) is 5.23. The van der Waals surface area contributed by atoms with Crippen LogP contribution in [0.5, 0.6) is 0 Å². The molecule has 0 N–H and O–H groups in total. The van der Waals surface area contributed by atoms with Crippen LogP contribution in [0.1, 0.15) is 61.4 Å². The van der Waals surface area contributed by atoms with E-state index in [-0.39, 0.29) is 12.1 Å². The monoisotopic (exact) mass is 258 g/mol. The maximum Gasteiger partial charge on any atom is 0.338 e. The maximum absolute atomic E-state index is 12.0. The number of hydrogen-bond donors (Lipinski definition) is 0. The fourth-order valence-corrected chi connectivity index (χ4v) is 2.27. The lowest BCUT2D eigenvalue weighted by atomic mass is 9.98. The first-order valence-corrected chi connectivity index (χ1v) is 7.18. The molecule has 1 aromatic carbocycles. The van der Waals surface area contributed by atoms with Crippen LogP contribution in [-0.2, 0) is 4.74 Å². The molecule has 1 aliphatic carbocycles. The molecule has 0 aromatic heterocycles. The molecular formula is C17H22O2. The van der Waals surface area contributed by atoms with Gasteiger partial charge in [-0.3, -0.25) is 0 Å². The molecule has 0 bridgehead atoms. The van der Waals surface area contributed by atoms with Gasteiger partial charge in [-0.1, -0.05) is 32.1 Å². The molecule has 0 amide bonds. The zero-order chi connectivity index (χ0) is 13.7. The van der Waals surface area contributed by atoms with Gasteiger partial charge in [-0.05, 0) is 55.4 Å². The van der Waals surface area contributed by atoms with Gasteiger partial charge in [0.05, 0.1) is 5.56 Å². The van der Waals surface area contributed by atoms with E-state index in [0.29, 0.717) is 11.5 Å². The van der Waals surface area contributed by atoms with Gasteiger partial charge in [0.1, 0.15) is 6.10 Å². The van der Waals surface area contributed by atoms with Gasteiger partial charge >= 0.3 is 5.97 Å². The van der Waals surface area contributed by atoms with Crippen molar-refractivity contribution in [2.75, 3.05) is 0 Å². The highest BCUT2D eigenvalue weighted by molar-refractivity contribution is 5.89. The first-order valence-electron chi connectivity index (χ1n) is 7.18. The summed E-state index contributed by atoms with van der Waals surface area (Å²) in [7, 11) is 0. The smallest absolute Gasteiger partial charge is 0.338 e. The molecule has 1 aromatic rings. The summed E-state index contributed by atoms with van der Waals surface area (Å²) in [5.74, 6) is 0.318.